The Kier molecular flexibility index (Phi) is 4.09. The summed E-state index contributed by atoms with van der Waals surface area (Å²) in [6, 6.07) is 6.70. The van der Waals surface area contributed by atoms with E-state index in [4.69, 9.17) is 16.3 Å². The molecule has 0 amide bonds. The second-order valence-electron chi connectivity index (χ2n) is 4.91. The van der Waals surface area contributed by atoms with Gasteiger partial charge in [-0.2, -0.15) is 0 Å². The van der Waals surface area contributed by atoms with Crippen LogP contribution in [0.3, 0.4) is 0 Å². The monoisotopic (exact) mass is 288 g/mol. The van der Waals surface area contributed by atoms with Gasteiger partial charge in [0.25, 0.3) is 0 Å². The first kappa shape index (κ1) is 14.3. The van der Waals surface area contributed by atoms with Gasteiger partial charge >= 0.3 is 5.97 Å². The lowest BCUT2D eigenvalue weighted by molar-refractivity contribution is -0.144. The van der Waals surface area contributed by atoms with Crippen LogP contribution in [0.4, 0.5) is 8.78 Å². The minimum absolute atomic E-state index is 0.168. The molecule has 1 aliphatic rings. The molecule has 0 heterocycles. The molecule has 1 saturated carbocycles. The fraction of sp³-hybridized carbons (Fsp3) is 0.500. The number of carbonyl (C=O) groups is 1. The number of alkyl halides is 2. The van der Waals surface area contributed by atoms with Gasteiger partial charge in [0, 0.05) is 17.9 Å². The van der Waals surface area contributed by atoms with Crippen molar-refractivity contribution in [1.29, 1.82) is 0 Å². The third-order valence-electron chi connectivity index (χ3n) is 3.60. The van der Waals surface area contributed by atoms with Crippen molar-refractivity contribution in [3.63, 3.8) is 0 Å². The highest BCUT2D eigenvalue weighted by atomic mass is 35.5. The minimum Gasteiger partial charge on any atom is -0.469 e. The molecule has 5 heteroatoms. The van der Waals surface area contributed by atoms with Gasteiger partial charge in [0.2, 0.25) is 5.92 Å². The first-order valence-electron chi connectivity index (χ1n) is 6.14. The Morgan fingerprint density at radius 1 is 1.42 bits per heavy atom. The molecule has 1 aliphatic carbocycles. The van der Waals surface area contributed by atoms with E-state index in [-0.39, 0.29) is 18.8 Å². The lowest BCUT2D eigenvalue weighted by atomic mass is 9.85. The smallest absolute Gasteiger partial charge is 0.313 e. The van der Waals surface area contributed by atoms with Crippen LogP contribution < -0.4 is 0 Å². The maximum Gasteiger partial charge on any atom is 0.313 e. The molecule has 1 aromatic carbocycles. The molecule has 104 valence electrons. The van der Waals surface area contributed by atoms with E-state index in [0.717, 1.165) is 0 Å². The average Bonchev–Trinajstić information content (AvgIpc) is 2.72. The summed E-state index contributed by atoms with van der Waals surface area (Å²) in [5.41, 5.74) is 0.680. The van der Waals surface area contributed by atoms with Crippen LogP contribution in [0.15, 0.2) is 24.3 Å². The molecule has 2 nitrogen and oxygen atoms in total. The molecule has 0 saturated heterocycles. The van der Waals surface area contributed by atoms with Gasteiger partial charge in [-0.1, -0.05) is 23.7 Å². The largest absolute Gasteiger partial charge is 0.469 e. The Morgan fingerprint density at radius 3 is 2.53 bits per heavy atom. The number of methoxy groups -OCH3 is 1. The van der Waals surface area contributed by atoms with Gasteiger partial charge in [0.1, 0.15) is 0 Å². The van der Waals surface area contributed by atoms with Crippen LogP contribution in [0.5, 0.6) is 0 Å². The molecule has 0 spiro atoms. The van der Waals surface area contributed by atoms with Crippen molar-refractivity contribution in [3.05, 3.63) is 34.9 Å². The molecule has 0 N–H and O–H groups in total. The van der Waals surface area contributed by atoms with E-state index in [9.17, 15) is 13.6 Å². The predicted molar refractivity (Wildman–Crippen MR) is 68.5 cm³/mol. The highest BCUT2D eigenvalue weighted by molar-refractivity contribution is 6.30. The molecule has 19 heavy (non-hydrogen) atoms. The molecule has 2 atom stereocenters. The molecule has 0 aromatic heterocycles. The summed E-state index contributed by atoms with van der Waals surface area (Å²) in [6.07, 6.45) is -0.108. The number of esters is 1. The number of rotatable bonds is 3. The molecular formula is C14H15ClF2O2. The minimum atomic E-state index is -2.68. The summed E-state index contributed by atoms with van der Waals surface area (Å²) >= 11 is 5.80. The van der Waals surface area contributed by atoms with E-state index in [1.54, 1.807) is 24.3 Å². The maximum absolute atomic E-state index is 13.3. The number of hydrogen-bond donors (Lipinski definition) is 0. The SMILES string of the molecule is COC(=O)C(c1ccc(Cl)cc1)C1CCC(F)(F)C1. The van der Waals surface area contributed by atoms with Crippen molar-refractivity contribution in [3.8, 4) is 0 Å². The Bertz CT molecular complexity index is 459. The second-order valence-corrected chi connectivity index (χ2v) is 5.35. The van der Waals surface area contributed by atoms with E-state index < -0.39 is 17.8 Å². The Balaban J connectivity index is 2.27. The van der Waals surface area contributed by atoms with Crippen LogP contribution >= 0.6 is 11.6 Å². The molecule has 0 aliphatic heterocycles. The number of halogens is 3. The zero-order valence-corrected chi connectivity index (χ0v) is 11.3. The average molecular weight is 289 g/mol. The van der Waals surface area contributed by atoms with E-state index in [1.165, 1.54) is 7.11 Å². The Hall–Kier alpha value is -1.16. The molecule has 2 unspecified atom stereocenters. The molecule has 0 radical (unpaired) electrons. The van der Waals surface area contributed by atoms with Gasteiger partial charge in [0.05, 0.1) is 13.0 Å². The predicted octanol–water partition coefficient (Wildman–Crippen LogP) is 4.03. The number of carbonyl (C=O) groups excluding carboxylic acids is 1. The van der Waals surface area contributed by atoms with Crippen molar-refractivity contribution in [2.45, 2.75) is 31.1 Å². The number of benzene rings is 1. The summed E-state index contributed by atoms with van der Waals surface area (Å²) in [6.45, 7) is 0. The molecule has 1 fully saturated rings. The van der Waals surface area contributed by atoms with Gasteiger partial charge in [-0.3, -0.25) is 4.79 Å². The van der Waals surface area contributed by atoms with Gasteiger partial charge < -0.3 is 4.74 Å². The summed E-state index contributed by atoms with van der Waals surface area (Å²) < 4.78 is 31.4. The maximum atomic E-state index is 13.3. The van der Waals surface area contributed by atoms with Crippen LogP contribution in [0, 0.1) is 5.92 Å². The number of hydrogen-bond acceptors (Lipinski definition) is 2. The van der Waals surface area contributed by atoms with Crippen molar-refractivity contribution >= 4 is 17.6 Å². The van der Waals surface area contributed by atoms with Crippen molar-refractivity contribution in [2.75, 3.05) is 7.11 Å². The third-order valence-corrected chi connectivity index (χ3v) is 3.85. The van der Waals surface area contributed by atoms with Crippen LogP contribution in [0.1, 0.15) is 30.7 Å². The molecule has 2 rings (SSSR count). The fourth-order valence-corrected chi connectivity index (χ4v) is 2.79. The highest BCUT2D eigenvalue weighted by Crippen LogP contribution is 2.45. The Morgan fingerprint density at radius 2 is 2.05 bits per heavy atom. The Labute approximate surface area is 115 Å². The first-order chi connectivity index (χ1) is 8.93. The van der Waals surface area contributed by atoms with Gasteiger partial charge in [-0.25, -0.2) is 8.78 Å². The van der Waals surface area contributed by atoms with Crippen LogP contribution in [-0.2, 0) is 9.53 Å². The van der Waals surface area contributed by atoms with Crippen molar-refractivity contribution in [2.24, 2.45) is 5.92 Å². The number of ether oxygens (including phenoxy) is 1. The van der Waals surface area contributed by atoms with Crippen LogP contribution in [0.25, 0.3) is 0 Å². The summed E-state index contributed by atoms with van der Waals surface area (Å²) in [5.74, 6) is -4.17. The highest BCUT2D eigenvalue weighted by Gasteiger charge is 2.45. The third kappa shape index (κ3) is 3.24. The van der Waals surface area contributed by atoms with Crippen molar-refractivity contribution < 1.29 is 18.3 Å². The molecule has 0 bridgehead atoms. The van der Waals surface area contributed by atoms with E-state index in [2.05, 4.69) is 0 Å². The molecular weight excluding hydrogens is 274 g/mol. The van der Waals surface area contributed by atoms with E-state index >= 15 is 0 Å². The van der Waals surface area contributed by atoms with Crippen LogP contribution in [0.2, 0.25) is 5.02 Å². The first-order valence-corrected chi connectivity index (χ1v) is 6.52. The quantitative estimate of drug-likeness (QED) is 0.785. The normalized spacial score (nSPS) is 23.1. The summed E-state index contributed by atoms with van der Waals surface area (Å²) in [5, 5.41) is 0.545. The van der Waals surface area contributed by atoms with Crippen molar-refractivity contribution in [1.82, 2.24) is 0 Å². The van der Waals surface area contributed by atoms with Gasteiger partial charge in [-0.05, 0) is 30.0 Å². The zero-order valence-electron chi connectivity index (χ0n) is 10.5. The van der Waals surface area contributed by atoms with Gasteiger partial charge in [-0.15, -0.1) is 0 Å². The summed E-state index contributed by atoms with van der Waals surface area (Å²) in [4.78, 5) is 11.9. The summed E-state index contributed by atoms with van der Waals surface area (Å²) in [7, 11) is 1.28. The zero-order chi connectivity index (χ0) is 14.0. The standard InChI is InChI=1S/C14H15ClF2O2/c1-19-13(18)12(9-2-4-11(15)5-3-9)10-6-7-14(16,17)8-10/h2-5,10,12H,6-8H2,1H3. The van der Waals surface area contributed by atoms with E-state index in [1.807, 2.05) is 0 Å². The van der Waals surface area contributed by atoms with Crippen LogP contribution in [-0.4, -0.2) is 19.0 Å². The second kappa shape index (κ2) is 5.45. The lowest BCUT2D eigenvalue weighted by Gasteiger charge is -2.21. The van der Waals surface area contributed by atoms with Gasteiger partial charge in [0.15, 0.2) is 0 Å². The fourth-order valence-electron chi connectivity index (χ4n) is 2.67. The topological polar surface area (TPSA) is 26.3 Å². The van der Waals surface area contributed by atoms with E-state index in [0.29, 0.717) is 17.0 Å². The molecule has 1 aromatic rings. The lowest BCUT2D eigenvalue weighted by Crippen LogP contribution is -2.23.